The Hall–Kier alpha value is -3.43. The Kier molecular flexibility index (Phi) is 7.17. The number of methoxy groups -OCH3 is 1. The number of allylic oxidation sites excluding steroid dienone is 1. The average Bonchev–Trinajstić information content (AvgIpc) is 3.44. The molecular weight excluding hydrogens is 554 g/mol. The smallest absolute Gasteiger partial charge is 0.338 e. The third kappa shape index (κ3) is 4.57. The number of para-hydroxylation sites is 1. The number of carbonyl (C=O) groups excluding carboxylic acids is 1. The summed E-state index contributed by atoms with van der Waals surface area (Å²) in [6, 6.07) is 12.8. The summed E-state index contributed by atoms with van der Waals surface area (Å²) in [5, 5.41) is 1.03. The second-order valence-electron chi connectivity index (χ2n) is 8.59. The van der Waals surface area contributed by atoms with Crippen molar-refractivity contribution < 1.29 is 14.3 Å². The van der Waals surface area contributed by atoms with Crippen LogP contribution in [-0.4, -0.2) is 29.2 Å². The molecule has 1 aliphatic rings. The number of nitrogens with one attached hydrogen (secondary N) is 1. The normalized spacial score (nSPS) is 15.6. The van der Waals surface area contributed by atoms with E-state index >= 15 is 0 Å². The summed E-state index contributed by atoms with van der Waals surface area (Å²) in [5.41, 5.74) is 3.37. The van der Waals surface area contributed by atoms with E-state index in [-0.39, 0.29) is 12.2 Å². The van der Waals surface area contributed by atoms with Crippen molar-refractivity contribution in [1.29, 1.82) is 0 Å². The van der Waals surface area contributed by atoms with Crippen molar-refractivity contribution in [2.75, 3.05) is 13.7 Å². The molecule has 0 spiro atoms. The quantitative estimate of drug-likeness (QED) is 0.318. The van der Waals surface area contributed by atoms with Gasteiger partial charge >= 0.3 is 5.97 Å². The number of halogens is 1. The van der Waals surface area contributed by atoms with Gasteiger partial charge in [0.25, 0.3) is 5.56 Å². The minimum atomic E-state index is -0.741. The molecule has 0 aliphatic carbocycles. The topological polar surface area (TPSA) is 85.7 Å². The monoisotopic (exact) mass is 579 g/mol. The number of benzene rings is 2. The molecule has 1 N–H and O–H groups in total. The van der Waals surface area contributed by atoms with Crippen molar-refractivity contribution in [2.45, 2.75) is 32.7 Å². The van der Waals surface area contributed by atoms with Crippen LogP contribution in [0.4, 0.5) is 0 Å². The van der Waals surface area contributed by atoms with E-state index in [9.17, 15) is 9.59 Å². The SMILES string of the molecule is CCCC1=C(C(=O)OCC)[C@@H](c2cc(Br)ccc2OC)n2c(s/c(=C/c3c[nH]c4ccccc34)c2=O)=N1. The molecule has 0 saturated heterocycles. The molecule has 1 aliphatic heterocycles. The van der Waals surface area contributed by atoms with Crippen LogP contribution >= 0.6 is 27.3 Å². The fourth-order valence-corrected chi connectivity index (χ4v) is 6.08. The lowest BCUT2D eigenvalue weighted by atomic mass is 9.93. The zero-order valence-corrected chi connectivity index (χ0v) is 23.1. The molecule has 0 unspecified atom stereocenters. The van der Waals surface area contributed by atoms with Crippen LogP contribution in [0, 0.1) is 0 Å². The van der Waals surface area contributed by atoms with Gasteiger partial charge in [-0.1, -0.05) is 58.8 Å². The highest BCUT2D eigenvalue weighted by atomic mass is 79.9. The van der Waals surface area contributed by atoms with Gasteiger partial charge in [0.15, 0.2) is 4.80 Å². The summed E-state index contributed by atoms with van der Waals surface area (Å²) in [7, 11) is 1.58. The minimum absolute atomic E-state index is 0.217. The lowest BCUT2D eigenvalue weighted by molar-refractivity contribution is -0.139. The van der Waals surface area contributed by atoms with Crippen LogP contribution in [0.15, 0.2) is 74.2 Å². The fraction of sp³-hybridized carbons (Fsp3) is 0.250. The van der Waals surface area contributed by atoms with Crippen LogP contribution in [0.3, 0.4) is 0 Å². The van der Waals surface area contributed by atoms with Crippen molar-refractivity contribution in [1.82, 2.24) is 9.55 Å². The number of ether oxygens (including phenoxy) is 2. The summed E-state index contributed by atoms with van der Waals surface area (Å²) in [4.78, 5) is 36.0. The lowest BCUT2D eigenvalue weighted by Crippen LogP contribution is -2.40. The van der Waals surface area contributed by atoms with Crippen LogP contribution in [0.2, 0.25) is 0 Å². The van der Waals surface area contributed by atoms with Crippen molar-refractivity contribution in [2.24, 2.45) is 4.99 Å². The van der Waals surface area contributed by atoms with Gasteiger partial charge in [-0.3, -0.25) is 9.36 Å². The second kappa shape index (κ2) is 10.5. The maximum Gasteiger partial charge on any atom is 0.338 e. The standard InChI is InChI=1S/C28H26BrN3O4S/c1-4-8-21-24(27(34)36-5-2)25(19-14-17(29)11-12-22(19)35-3)32-26(33)23(37-28(32)31-21)13-16-15-30-20-10-7-6-9-18(16)20/h6-7,9-15,25,30H,4-5,8H2,1-3H3/b23-13+/t25-/m1/s1. The third-order valence-electron chi connectivity index (χ3n) is 6.29. The number of carbonyl (C=O) groups is 1. The molecule has 0 amide bonds. The number of H-pyrrole nitrogens is 1. The lowest BCUT2D eigenvalue weighted by Gasteiger charge is -2.27. The van der Waals surface area contributed by atoms with Crippen LogP contribution in [0.5, 0.6) is 5.75 Å². The van der Waals surface area contributed by atoms with E-state index in [0.29, 0.717) is 38.3 Å². The van der Waals surface area contributed by atoms with Crippen molar-refractivity contribution in [3.05, 3.63) is 95.2 Å². The molecule has 2 aromatic carbocycles. The number of fused-ring (bicyclic) bond motifs is 2. The molecule has 4 aromatic rings. The maximum absolute atomic E-state index is 14.0. The summed E-state index contributed by atoms with van der Waals surface area (Å²) >= 11 is 4.86. The zero-order valence-electron chi connectivity index (χ0n) is 20.7. The Morgan fingerprint density at radius 2 is 2.05 bits per heavy atom. The highest BCUT2D eigenvalue weighted by molar-refractivity contribution is 9.10. The number of esters is 1. The molecule has 0 radical (unpaired) electrons. The van der Waals surface area contributed by atoms with Gasteiger partial charge in [0.05, 0.1) is 29.5 Å². The summed E-state index contributed by atoms with van der Waals surface area (Å²) in [5.74, 6) is 0.0894. The van der Waals surface area contributed by atoms with Gasteiger partial charge in [0.2, 0.25) is 0 Å². The number of rotatable bonds is 7. The Bertz CT molecular complexity index is 1710. The first-order valence-corrected chi connectivity index (χ1v) is 13.7. The van der Waals surface area contributed by atoms with E-state index in [1.54, 1.807) is 18.6 Å². The number of nitrogens with zero attached hydrogens (tertiary/aromatic N) is 2. The van der Waals surface area contributed by atoms with Gasteiger partial charge in [-0.15, -0.1) is 0 Å². The van der Waals surface area contributed by atoms with Crippen LogP contribution < -0.4 is 19.6 Å². The molecule has 0 fully saturated rings. The first-order valence-electron chi connectivity index (χ1n) is 12.1. The summed E-state index contributed by atoms with van der Waals surface area (Å²) in [6.07, 6.45) is 5.14. The Balaban J connectivity index is 1.81. The molecule has 3 heterocycles. The van der Waals surface area contributed by atoms with Crippen LogP contribution in [0.25, 0.3) is 17.0 Å². The molecule has 0 bridgehead atoms. The number of thiazole rings is 1. The largest absolute Gasteiger partial charge is 0.496 e. The fourth-order valence-electron chi connectivity index (χ4n) is 4.69. The first-order chi connectivity index (χ1) is 18.0. The first kappa shape index (κ1) is 25.2. The van der Waals surface area contributed by atoms with Gasteiger partial charge in [0, 0.05) is 32.7 Å². The van der Waals surface area contributed by atoms with Gasteiger partial charge in [-0.25, -0.2) is 9.79 Å². The van der Waals surface area contributed by atoms with Crippen molar-refractivity contribution in [3.8, 4) is 5.75 Å². The molecule has 9 heteroatoms. The number of aromatic nitrogens is 2. The van der Waals surface area contributed by atoms with E-state index in [0.717, 1.165) is 27.4 Å². The van der Waals surface area contributed by atoms with Crippen LogP contribution in [-0.2, 0) is 9.53 Å². The number of aromatic amines is 1. The Labute approximate surface area is 225 Å². The molecule has 2 aromatic heterocycles. The van der Waals surface area contributed by atoms with Crippen molar-refractivity contribution >= 4 is 50.2 Å². The molecule has 190 valence electrons. The minimum Gasteiger partial charge on any atom is -0.496 e. The predicted octanol–water partition coefficient (Wildman–Crippen LogP) is 4.83. The van der Waals surface area contributed by atoms with Gasteiger partial charge in [-0.05, 0) is 43.7 Å². The van der Waals surface area contributed by atoms with E-state index in [2.05, 4.69) is 20.9 Å². The maximum atomic E-state index is 14.0. The highest BCUT2D eigenvalue weighted by Crippen LogP contribution is 2.38. The van der Waals surface area contributed by atoms with E-state index < -0.39 is 12.0 Å². The van der Waals surface area contributed by atoms with E-state index in [1.807, 2.05) is 61.7 Å². The van der Waals surface area contributed by atoms with E-state index in [1.165, 1.54) is 11.3 Å². The van der Waals surface area contributed by atoms with Crippen LogP contribution in [0.1, 0.15) is 43.9 Å². The summed E-state index contributed by atoms with van der Waals surface area (Å²) in [6.45, 7) is 4.02. The Morgan fingerprint density at radius 1 is 1.24 bits per heavy atom. The highest BCUT2D eigenvalue weighted by Gasteiger charge is 2.36. The molecular formula is C28H26BrN3O4S. The number of hydrogen-bond donors (Lipinski definition) is 1. The Morgan fingerprint density at radius 3 is 2.81 bits per heavy atom. The third-order valence-corrected chi connectivity index (χ3v) is 7.76. The van der Waals surface area contributed by atoms with Crippen molar-refractivity contribution in [3.63, 3.8) is 0 Å². The summed E-state index contributed by atoms with van der Waals surface area (Å²) < 4.78 is 14.1. The second-order valence-corrected chi connectivity index (χ2v) is 10.5. The van der Waals surface area contributed by atoms with Gasteiger partial charge in [-0.2, -0.15) is 0 Å². The molecule has 0 saturated carbocycles. The molecule has 1 atom stereocenters. The van der Waals surface area contributed by atoms with E-state index in [4.69, 9.17) is 14.5 Å². The molecule has 5 rings (SSSR count). The molecule has 7 nitrogen and oxygen atoms in total. The zero-order chi connectivity index (χ0) is 26.1. The molecule has 37 heavy (non-hydrogen) atoms. The number of hydrogen-bond acceptors (Lipinski definition) is 6. The predicted molar refractivity (Wildman–Crippen MR) is 149 cm³/mol. The van der Waals surface area contributed by atoms with Gasteiger partial charge < -0.3 is 14.5 Å². The van der Waals surface area contributed by atoms with Gasteiger partial charge in [0.1, 0.15) is 11.8 Å². The average molecular weight is 581 g/mol.